The molecule has 1 fully saturated rings. The van der Waals surface area contributed by atoms with E-state index in [-0.39, 0.29) is 16.2 Å². The Morgan fingerprint density at radius 1 is 0.517 bits per heavy atom. The van der Waals surface area contributed by atoms with E-state index in [1.807, 2.05) is 6.20 Å². The third-order valence-corrected chi connectivity index (χ3v) is 12.9. The first kappa shape index (κ1) is 38.2. The number of hydrogen-bond donors (Lipinski definition) is 0. The lowest BCUT2D eigenvalue weighted by atomic mass is 9.85. The molecule has 2 atom stereocenters. The van der Waals surface area contributed by atoms with Gasteiger partial charge in [-0.05, 0) is 87.4 Å². The van der Waals surface area contributed by atoms with Gasteiger partial charge < -0.3 is 4.74 Å². The molecule has 8 aromatic rings. The second-order valence-corrected chi connectivity index (χ2v) is 20.0. The molecule has 0 spiro atoms. The normalized spacial score (nSPS) is 18.6. The van der Waals surface area contributed by atoms with Crippen molar-refractivity contribution in [2.24, 2.45) is 0 Å². The fraction of sp³-hybridized carbons (Fsp3) is 0.236. The quantitative estimate of drug-likeness (QED) is 0.0953. The molecule has 2 aliphatic heterocycles. The summed E-state index contributed by atoms with van der Waals surface area (Å²) in [7, 11) is 0. The van der Waals surface area contributed by atoms with Gasteiger partial charge >= 0.3 is 0 Å². The number of hydrogen-bond acceptors (Lipinski definition) is 2. The largest absolute Gasteiger partial charge is 0.457 e. The minimum Gasteiger partial charge on any atom is -0.457 e. The van der Waals surface area contributed by atoms with Gasteiger partial charge in [-0.1, -0.05) is 129 Å². The Labute approximate surface area is 355 Å². The first-order chi connectivity index (χ1) is 28.5. The molecule has 5 heteroatoms. The van der Waals surface area contributed by atoms with Crippen LogP contribution in [0.15, 0.2) is 146 Å². The molecular formula is C55H55N4O+. The zero-order valence-electron chi connectivity index (χ0n) is 36.6. The molecule has 2 aliphatic rings. The third-order valence-electron chi connectivity index (χ3n) is 12.9. The summed E-state index contributed by atoms with van der Waals surface area (Å²) in [5.41, 5.74) is 14.8. The number of rotatable bonds is 6. The highest BCUT2D eigenvalue weighted by Gasteiger charge is 2.78. The lowest BCUT2D eigenvalue weighted by molar-refractivity contribution is 0.423. The fourth-order valence-corrected chi connectivity index (χ4v) is 9.55. The van der Waals surface area contributed by atoms with Crippen molar-refractivity contribution in [2.45, 2.75) is 85.5 Å². The predicted octanol–water partition coefficient (Wildman–Crippen LogP) is 15.2. The Balaban J connectivity index is 1.11. The summed E-state index contributed by atoms with van der Waals surface area (Å²) >= 11 is 0. The molecule has 0 bridgehead atoms. The number of nitrogens with zero attached hydrogens (tertiary/aromatic N) is 4. The summed E-state index contributed by atoms with van der Waals surface area (Å²) in [6.45, 7) is 25.2. The van der Waals surface area contributed by atoms with Crippen LogP contribution in [0, 0.1) is 13.6 Å². The number of benzene rings is 6. The van der Waals surface area contributed by atoms with Crippen molar-refractivity contribution in [1.29, 1.82) is 0 Å². The first-order valence-electron chi connectivity index (χ1n) is 21.3. The van der Waals surface area contributed by atoms with E-state index in [0.29, 0.717) is 9.18 Å². The number of quaternary nitrogens is 2. The van der Waals surface area contributed by atoms with Gasteiger partial charge in [0.05, 0.1) is 11.0 Å². The van der Waals surface area contributed by atoms with Crippen LogP contribution in [0.2, 0.25) is 0 Å². The van der Waals surface area contributed by atoms with Crippen molar-refractivity contribution < 1.29 is 4.74 Å². The van der Waals surface area contributed by atoms with E-state index in [1.165, 1.54) is 66.9 Å². The Hall–Kier alpha value is -6.01. The number of pyridine rings is 1. The van der Waals surface area contributed by atoms with Gasteiger partial charge in [-0.15, -0.1) is 0 Å². The van der Waals surface area contributed by atoms with E-state index in [4.69, 9.17) is 9.72 Å². The van der Waals surface area contributed by atoms with Gasteiger partial charge in [0.15, 0.2) is 18.0 Å². The zero-order valence-corrected chi connectivity index (χ0v) is 36.6. The predicted molar refractivity (Wildman–Crippen MR) is 251 cm³/mol. The summed E-state index contributed by atoms with van der Waals surface area (Å²) < 4.78 is 10.5. The van der Waals surface area contributed by atoms with Gasteiger partial charge in [0, 0.05) is 58.9 Å². The standard InChI is InChI=1S/C55H55N4O/c1-36-16-15-21-50(52(36)37-22-24-38(25-23-37)53(2,3)4)59-35-58(59,48-19-13-14-20-49(48)59)41-30-40(55(8,9)10)31-43(33-41)60-42-26-27-45-44-17-11-12-18-46(44)57(47(45)34-42)51-32-39(28-29-56-51)54(5,6)7/h11-35H,1-10H3/q+1/t58?,59-/m1/s1. The maximum atomic E-state index is 7.02. The van der Waals surface area contributed by atoms with Crippen molar-refractivity contribution >= 4 is 44.6 Å². The number of para-hydroxylation sites is 3. The molecule has 0 amide bonds. The summed E-state index contributed by atoms with van der Waals surface area (Å²) in [4.78, 5) is 4.92. The van der Waals surface area contributed by atoms with Gasteiger partial charge in [-0.2, -0.15) is 9.18 Å². The highest BCUT2D eigenvalue weighted by molar-refractivity contribution is 6.09. The highest BCUT2D eigenvalue weighted by atomic mass is 16.5. The summed E-state index contributed by atoms with van der Waals surface area (Å²) in [6.07, 6.45) is 1.93. The highest BCUT2D eigenvalue weighted by Crippen LogP contribution is 2.76. The van der Waals surface area contributed by atoms with Gasteiger partial charge in [-0.25, -0.2) is 4.98 Å². The molecule has 2 aromatic heterocycles. The molecule has 5 nitrogen and oxygen atoms in total. The van der Waals surface area contributed by atoms with E-state index < -0.39 is 0 Å². The minimum atomic E-state index is -0.119. The van der Waals surface area contributed by atoms with Crippen molar-refractivity contribution in [1.82, 2.24) is 18.7 Å². The van der Waals surface area contributed by atoms with Crippen LogP contribution in [0.5, 0.6) is 11.5 Å². The van der Waals surface area contributed by atoms with Crippen LogP contribution in [0.25, 0.3) is 38.8 Å². The second-order valence-electron chi connectivity index (χ2n) is 20.0. The van der Waals surface area contributed by atoms with Crippen LogP contribution >= 0.6 is 0 Å². The van der Waals surface area contributed by atoms with Gasteiger partial charge in [-0.3, -0.25) is 4.57 Å². The molecular weight excluding hydrogens is 733 g/mol. The molecule has 0 saturated carbocycles. The molecule has 300 valence electrons. The topological polar surface area (TPSA) is 27.1 Å². The summed E-state index contributed by atoms with van der Waals surface area (Å²) in [5.74, 6) is 2.52. The minimum absolute atomic E-state index is 0.00659. The average Bonchev–Trinajstić information content (AvgIpc) is 3.70. The van der Waals surface area contributed by atoms with Crippen molar-refractivity contribution in [3.63, 3.8) is 0 Å². The van der Waals surface area contributed by atoms with Gasteiger partial charge in [0.25, 0.3) is 0 Å². The maximum absolute atomic E-state index is 7.02. The van der Waals surface area contributed by atoms with Crippen LogP contribution in [-0.4, -0.2) is 9.55 Å². The van der Waals surface area contributed by atoms with Crippen LogP contribution in [-0.2, 0) is 16.2 Å². The molecule has 6 aromatic carbocycles. The zero-order chi connectivity index (χ0) is 42.0. The number of ether oxygens (including phenoxy) is 1. The molecule has 0 aliphatic carbocycles. The molecule has 1 unspecified atom stereocenters. The second kappa shape index (κ2) is 13.0. The first-order valence-corrected chi connectivity index (χ1v) is 21.3. The van der Waals surface area contributed by atoms with Crippen molar-refractivity contribution in [2.75, 3.05) is 0 Å². The lowest BCUT2D eigenvalue weighted by Crippen LogP contribution is -2.46. The number of aryl methyl sites for hydroxylation is 1. The molecule has 60 heavy (non-hydrogen) atoms. The fourth-order valence-electron chi connectivity index (χ4n) is 9.55. The molecule has 10 rings (SSSR count). The Kier molecular flexibility index (Phi) is 8.27. The van der Waals surface area contributed by atoms with Crippen LogP contribution in [0.3, 0.4) is 0 Å². The van der Waals surface area contributed by atoms with E-state index >= 15 is 0 Å². The molecule has 0 N–H and O–H groups in total. The molecule has 0 radical (unpaired) electrons. The maximum Gasteiger partial charge on any atom is 0.225 e. The van der Waals surface area contributed by atoms with Crippen LogP contribution < -0.4 is 13.9 Å². The average molecular weight is 788 g/mol. The Bertz CT molecular complexity index is 3010. The summed E-state index contributed by atoms with van der Waals surface area (Å²) in [5, 5.41) is 2.36. The van der Waals surface area contributed by atoms with Gasteiger partial charge in [0.2, 0.25) is 11.4 Å². The summed E-state index contributed by atoms with van der Waals surface area (Å²) in [6, 6.07) is 51.3. The molecule has 1 saturated heterocycles. The third kappa shape index (κ3) is 5.70. The lowest BCUT2D eigenvalue weighted by Gasteiger charge is -2.41. The number of aromatic nitrogens is 2. The monoisotopic (exact) mass is 787 g/mol. The smallest absolute Gasteiger partial charge is 0.225 e. The van der Waals surface area contributed by atoms with E-state index in [1.54, 1.807) is 0 Å². The van der Waals surface area contributed by atoms with E-state index in [9.17, 15) is 0 Å². The van der Waals surface area contributed by atoms with Crippen LogP contribution in [0.4, 0.5) is 22.7 Å². The SMILES string of the molecule is Cc1cccc([N@+]23[CH-][N+]2(c2cc(Oc4ccc5c6ccccc6n(-c6cc(C(C)(C)C)ccn6)c5c4)cc(C(C)(C)C)c2)c2ccccc23)c1-c1ccc(C(C)(C)C)cc1. The van der Waals surface area contributed by atoms with Crippen LogP contribution in [0.1, 0.15) is 84.6 Å². The molecule has 4 heterocycles. The Morgan fingerprint density at radius 3 is 1.88 bits per heavy atom. The van der Waals surface area contributed by atoms with Gasteiger partial charge in [0.1, 0.15) is 17.3 Å². The van der Waals surface area contributed by atoms with Crippen molar-refractivity contribution in [3.05, 3.63) is 175 Å². The Morgan fingerprint density at radius 2 is 1.17 bits per heavy atom. The van der Waals surface area contributed by atoms with Crippen molar-refractivity contribution in [3.8, 4) is 28.4 Å². The van der Waals surface area contributed by atoms with E-state index in [0.717, 1.165) is 28.4 Å². The number of fused-ring (bicyclic) bond motifs is 7. The van der Waals surface area contributed by atoms with E-state index in [2.05, 4.69) is 220 Å².